The molecule has 7 nitrogen and oxygen atoms in total. The second-order valence-corrected chi connectivity index (χ2v) is 7.75. The van der Waals surface area contributed by atoms with Gasteiger partial charge in [-0.15, -0.1) is 0 Å². The van der Waals surface area contributed by atoms with Gasteiger partial charge in [-0.25, -0.2) is 0 Å². The van der Waals surface area contributed by atoms with Gasteiger partial charge in [-0.3, -0.25) is 14.9 Å². The Morgan fingerprint density at radius 3 is 2.52 bits per heavy atom. The van der Waals surface area contributed by atoms with Gasteiger partial charge in [-0.2, -0.15) is 0 Å². The molecule has 0 aliphatic rings. The Kier molecular flexibility index (Phi) is 8.55. The summed E-state index contributed by atoms with van der Waals surface area (Å²) in [5.74, 6) is 0.764. The molecule has 1 atom stereocenters. The Hall–Kier alpha value is -3.71. The van der Waals surface area contributed by atoms with Gasteiger partial charge in [0.15, 0.2) is 0 Å². The normalized spacial score (nSPS) is 11.6. The number of nitro groups is 1. The summed E-state index contributed by atoms with van der Waals surface area (Å²) in [5.41, 5.74) is 2.67. The van der Waals surface area contributed by atoms with Crippen molar-refractivity contribution in [3.05, 3.63) is 99.6 Å². The van der Waals surface area contributed by atoms with E-state index in [1.165, 1.54) is 17.7 Å². The zero-order chi connectivity index (χ0) is 23.6. The third-order valence-electron chi connectivity index (χ3n) is 5.06. The molecule has 0 spiro atoms. The Balaban J connectivity index is 1.74. The van der Waals surface area contributed by atoms with Crippen LogP contribution in [0.2, 0.25) is 0 Å². The number of ether oxygens (including phenoxy) is 2. The summed E-state index contributed by atoms with van der Waals surface area (Å²) < 4.78 is 11.1. The first-order chi connectivity index (χ1) is 15.9. The minimum Gasteiger partial charge on any atom is -0.466 e. The summed E-state index contributed by atoms with van der Waals surface area (Å²) in [6.07, 6.45) is 0.985. The van der Waals surface area contributed by atoms with Crippen molar-refractivity contribution in [1.29, 1.82) is 0 Å². The average Bonchev–Trinajstić information content (AvgIpc) is 2.79. The molecule has 0 unspecified atom stereocenters. The number of nitro benzene ring substituents is 1. The van der Waals surface area contributed by atoms with Crippen LogP contribution in [0.5, 0.6) is 11.5 Å². The number of benzene rings is 3. The van der Waals surface area contributed by atoms with Crippen LogP contribution in [0.1, 0.15) is 30.5 Å². The average molecular weight is 449 g/mol. The van der Waals surface area contributed by atoms with E-state index in [1.807, 2.05) is 24.3 Å². The summed E-state index contributed by atoms with van der Waals surface area (Å²) >= 11 is 0. The second kappa shape index (κ2) is 11.8. The molecule has 0 aliphatic heterocycles. The molecule has 0 aliphatic carbocycles. The molecule has 0 fully saturated rings. The van der Waals surface area contributed by atoms with Crippen molar-refractivity contribution < 1.29 is 19.2 Å². The molecule has 0 heterocycles. The third kappa shape index (κ3) is 7.43. The second-order valence-electron chi connectivity index (χ2n) is 7.75. The van der Waals surface area contributed by atoms with Crippen LogP contribution in [0.3, 0.4) is 0 Å². The van der Waals surface area contributed by atoms with E-state index in [2.05, 4.69) is 24.4 Å². The van der Waals surface area contributed by atoms with Crippen LogP contribution in [0.15, 0.2) is 72.8 Å². The molecule has 7 heteroatoms. The van der Waals surface area contributed by atoms with Crippen LogP contribution in [0, 0.1) is 10.1 Å². The van der Waals surface area contributed by atoms with Gasteiger partial charge in [0.2, 0.25) is 0 Å². The van der Waals surface area contributed by atoms with Gasteiger partial charge >= 0.3 is 5.97 Å². The Morgan fingerprint density at radius 2 is 1.79 bits per heavy atom. The van der Waals surface area contributed by atoms with Crippen LogP contribution in [-0.4, -0.2) is 23.5 Å². The minimum absolute atomic E-state index is 0.00549. The highest BCUT2D eigenvalue weighted by molar-refractivity contribution is 5.72. The Morgan fingerprint density at radius 1 is 1.03 bits per heavy atom. The number of carbonyl (C=O) groups is 1. The fourth-order valence-corrected chi connectivity index (χ4v) is 3.47. The van der Waals surface area contributed by atoms with Crippen LogP contribution in [0.4, 0.5) is 5.69 Å². The van der Waals surface area contributed by atoms with Crippen molar-refractivity contribution in [2.75, 3.05) is 6.61 Å². The predicted molar refractivity (Wildman–Crippen MR) is 126 cm³/mol. The molecular formula is C26H28N2O5. The topological polar surface area (TPSA) is 90.7 Å². The SMILES string of the molecule is CCOC(=O)Cc1cccc(Oc2ccc([N+](=O)[O-])cc2CN[C@@H](C)Cc2ccccc2)c1. The van der Waals surface area contributed by atoms with Gasteiger partial charge in [-0.1, -0.05) is 42.5 Å². The van der Waals surface area contributed by atoms with E-state index in [-0.39, 0.29) is 24.1 Å². The zero-order valence-electron chi connectivity index (χ0n) is 18.8. The summed E-state index contributed by atoms with van der Waals surface area (Å²) in [6.45, 7) is 4.58. The van der Waals surface area contributed by atoms with Gasteiger partial charge in [0.1, 0.15) is 11.5 Å². The maximum Gasteiger partial charge on any atom is 0.310 e. The maximum atomic E-state index is 11.8. The monoisotopic (exact) mass is 448 g/mol. The Bertz CT molecular complexity index is 1090. The smallest absolute Gasteiger partial charge is 0.310 e. The van der Waals surface area contributed by atoms with Crippen molar-refractivity contribution >= 4 is 11.7 Å². The first-order valence-corrected chi connectivity index (χ1v) is 10.9. The summed E-state index contributed by atoms with van der Waals surface area (Å²) in [7, 11) is 0. The predicted octanol–water partition coefficient (Wildman–Crippen LogP) is 5.21. The number of hydrogen-bond acceptors (Lipinski definition) is 6. The van der Waals surface area contributed by atoms with E-state index in [1.54, 1.807) is 31.2 Å². The van der Waals surface area contributed by atoms with Crippen molar-refractivity contribution in [1.82, 2.24) is 5.32 Å². The Labute approximate surface area is 193 Å². The minimum atomic E-state index is -0.416. The van der Waals surface area contributed by atoms with Crippen LogP contribution < -0.4 is 10.1 Å². The molecule has 0 saturated heterocycles. The van der Waals surface area contributed by atoms with Crippen molar-refractivity contribution in [2.24, 2.45) is 0 Å². The quantitative estimate of drug-likeness (QED) is 0.246. The van der Waals surface area contributed by atoms with Gasteiger partial charge in [0.25, 0.3) is 5.69 Å². The fourth-order valence-electron chi connectivity index (χ4n) is 3.47. The van der Waals surface area contributed by atoms with E-state index in [4.69, 9.17) is 9.47 Å². The highest BCUT2D eigenvalue weighted by Crippen LogP contribution is 2.29. The lowest BCUT2D eigenvalue weighted by atomic mass is 10.1. The lowest BCUT2D eigenvalue weighted by Crippen LogP contribution is -2.27. The van der Waals surface area contributed by atoms with Gasteiger partial charge in [-0.05, 0) is 49.6 Å². The molecule has 33 heavy (non-hydrogen) atoms. The molecule has 1 N–H and O–H groups in total. The molecule has 3 aromatic carbocycles. The number of rotatable bonds is 11. The summed E-state index contributed by atoms with van der Waals surface area (Å²) in [5, 5.41) is 14.7. The fraction of sp³-hybridized carbons (Fsp3) is 0.269. The highest BCUT2D eigenvalue weighted by Gasteiger charge is 2.14. The maximum absolute atomic E-state index is 11.8. The van der Waals surface area contributed by atoms with Gasteiger partial charge < -0.3 is 14.8 Å². The molecule has 3 aromatic rings. The first-order valence-electron chi connectivity index (χ1n) is 10.9. The van der Waals surface area contributed by atoms with Crippen LogP contribution in [-0.2, 0) is 28.9 Å². The number of esters is 1. The van der Waals surface area contributed by atoms with Crippen molar-refractivity contribution in [2.45, 2.75) is 39.3 Å². The molecule has 0 bridgehead atoms. The molecule has 172 valence electrons. The first kappa shape index (κ1) is 23.9. The van der Waals surface area contributed by atoms with E-state index in [0.29, 0.717) is 30.2 Å². The largest absolute Gasteiger partial charge is 0.466 e. The zero-order valence-corrected chi connectivity index (χ0v) is 18.8. The number of hydrogen-bond donors (Lipinski definition) is 1. The molecule has 0 radical (unpaired) electrons. The van der Waals surface area contributed by atoms with Gasteiger partial charge in [0.05, 0.1) is 18.0 Å². The molecule has 0 amide bonds. The highest BCUT2D eigenvalue weighted by atomic mass is 16.6. The number of nitrogens with one attached hydrogen (secondary N) is 1. The van der Waals surface area contributed by atoms with Crippen molar-refractivity contribution in [3.8, 4) is 11.5 Å². The van der Waals surface area contributed by atoms with Crippen LogP contribution in [0.25, 0.3) is 0 Å². The van der Waals surface area contributed by atoms with Crippen molar-refractivity contribution in [3.63, 3.8) is 0 Å². The van der Waals surface area contributed by atoms with Gasteiger partial charge in [0, 0.05) is 30.3 Å². The number of non-ortho nitro benzene ring substituents is 1. The number of nitrogens with zero attached hydrogens (tertiary/aromatic N) is 1. The van der Waals surface area contributed by atoms with E-state index in [0.717, 1.165) is 12.0 Å². The van der Waals surface area contributed by atoms with Crippen LogP contribution >= 0.6 is 0 Å². The molecule has 0 aromatic heterocycles. The summed E-state index contributed by atoms with van der Waals surface area (Å²) in [6, 6.07) is 22.0. The lowest BCUT2D eigenvalue weighted by Gasteiger charge is -2.16. The third-order valence-corrected chi connectivity index (χ3v) is 5.06. The molecule has 3 rings (SSSR count). The molecule has 0 saturated carbocycles. The molecular weight excluding hydrogens is 420 g/mol. The standard InChI is InChI=1S/C26H28N2O5/c1-3-32-26(29)16-21-10-7-11-24(15-21)33-25-13-12-23(28(30)31)17-22(25)18-27-19(2)14-20-8-5-4-6-9-20/h4-13,15,17,19,27H,3,14,16,18H2,1-2H3/t19-/m0/s1. The van der Waals surface area contributed by atoms with E-state index >= 15 is 0 Å². The van der Waals surface area contributed by atoms with E-state index < -0.39 is 4.92 Å². The lowest BCUT2D eigenvalue weighted by molar-refractivity contribution is -0.384. The number of carbonyl (C=O) groups excluding carboxylic acids is 1. The van der Waals surface area contributed by atoms with E-state index in [9.17, 15) is 14.9 Å². The summed E-state index contributed by atoms with van der Waals surface area (Å²) in [4.78, 5) is 22.7.